The summed E-state index contributed by atoms with van der Waals surface area (Å²) in [5, 5.41) is 6.82. The van der Waals surface area contributed by atoms with Crippen molar-refractivity contribution in [1.29, 1.82) is 0 Å². The van der Waals surface area contributed by atoms with Gasteiger partial charge in [-0.05, 0) is 50.9 Å². The fraction of sp³-hybridized carbons (Fsp3) is 0.643. The molecule has 1 heterocycles. The number of nitrogens with one attached hydrogen (secondary N) is 2. The van der Waals surface area contributed by atoms with Crippen LogP contribution < -0.4 is 10.6 Å². The summed E-state index contributed by atoms with van der Waals surface area (Å²) >= 11 is 0. The van der Waals surface area contributed by atoms with Crippen molar-refractivity contribution in [3.05, 3.63) is 23.9 Å². The minimum absolute atomic E-state index is 0.0526. The van der Waals surface area contributed by atoms with Gasteiger partial charge in [0.15, 0.2) is 0 Å². The molecule has 1 aromatic heterocycles. The van der Waals surface area contributed by atoms with E-state index in [4.69, 9.17) is 0 Å². The van der Waals surface area contributed by atoms with E-state index >= 15 is 0 Å². The Labute approximate surface area is 105 Å². The number of hydrogen-bond donors (Lipinski definition) is 2. The van der Waals surface area contributed by atoms with Crippen LogP contribution in [-0.4, -0.2) is 17.1 Å². The van der Waals surface area contributed by atoms with E-state index in [9.17, 15) is 0 Å². The Bertz CT molecular complexity index is 340. The average Bonchev–Trinajstić information content (AvgIpc) is 2.14. The van der Waals surface area contributed by atoms with Gasteiger partial charge in [-0.15, -0.1) is 0 Å². The van der Waals surface area contributed by atoms with E-state index in [2.05, 4.69) is 62.4 Å². The first kappa shape index (κ1) is 14.0. The molecule has 0 unspecified atom stereocenters. The fourth-order valence-electron chi connectivity index (χ4n) is 1.54. The second-order valence-corrected chi connectivity index (χ2v) is 5.95. The van der Waals surface area contributed by atoms with Gasteiger partial charge in [0.1, 0.15) is 5.82 Å². The summed E-state index contributed by atoms with van der Waals surface area (Å²) in [7, 11) is 0. The van der Waals surface area contributed by atoms with Crippen LogP contribution in [0.5, 0.6) is 0 Å². The summed E-state index contributed by atoms with van der Waals surface area (Å²) in [6.07, 6.45) is 1.86. The van der Waals surface area contributed by atoms with Gasteiger partial charge in [0.25, 0.3) is 0 Å². The Kier molecular flexibility index (Phi) is 4.94. The number of anilines is 1. The lowest BCUT2D eigenvalue weighted by Gasteiger charge is -2.21. The Hall–Kier alpha value is -1.09. The molecular weight excluding hydrogens is 210 g/mol. The number of aromatic nitrogens is 1. The molecular formula is C14H25N3. The van der Waals surface area contributed by atoms with Gasteiger partial charge in [0.2, 0.25) is 0 Å². The Balaban J connectivity index is 2.54. The molecule has 0 atom stereocenters. The molecule has 0 spiro atoms. The minimum atomic E-state index is 0.0526. The normalized spacial score (nSPS) is 11.9. The van der Waals surface area contributed by atoms with Crippen molar-refractivity contribution in [2.45, 2.75) is 46.7 Å². The summed E-state index contributed by atoms with van der Waals surface area (Å²) in [6, 6.07) is 4.17. The first-order chi connectivity index (χ1) is 7.87. The minimum Gasteiger partial charge on any atom is -0.365 e. The van der Waals surface area contributed by atoms with Crippen LogP contribution in [0.2, 0.25) is 0 Å². The molecule has 0 amide bonds. The predicted octanol–water partition coefficient (Wildman–Crippen LogP) is 3.04. The van der Waals surface area contributed by atoms with Crippen molar-refractivity contribution in [2.24, 2.45) is 5.92 Å². The highest BCUT2D eigenvalue weighted by Crippen LogP contribution is 2.13. The van der Waals surface area contributed by atoms with Gasteiger partial charge in [-0.2, -0.15) is 0 Å². The third kappa shape index (κ3) is 6.27. The van der Waals surface area contributed by atoms with Crippen molar-refractivity contribution in [1.82, 2.24) is 10.3 Å². The van der Waals surface area contributed by atoms with Gasteiger partial charge in [0.05, 0.1) is 0 Å². The second kappa shape index (κ2) is 6.01. The molecule has 17 heavy (non-hydrogen) atoms. The zero-order valence-electron chi connectivity index (χ0n) is 11.7. The predicted molar refractivity (Wildman–Crippen MR) is 74.2 cm³/mol. The number of nitrogens with zero attached hydrogens (tertiary/aromatic N) is 1. The van der Waals surface area contributed by atoms with Gasteiger partial charge in [-0.25, -0.2) is 4.98 Å². The number of rotatable bonds is 5. The van der Waals surface area contributed by atoms with Crippen LogP contribution in [0.15, 0.2) is 18.3 Å². The van der Waals surface area contributed by atoms with Gasteiger partial charge in [-0.3, -0.25) is 0 Å². The number of hydrogen-bond acceptors (Lipinski definition) is 3. The quantitative estimate of drug-likeness (QED) is 0.823. The molecule has 0 aliphatic rings. The van der Waals surface area contributed by atoms with Crippen molar-refractivity contribution in [3.63, 3.8) is 0 Å². The van der Waals surface area contributed by atoms with Crippen molar-refractivity contribution in [3.8, 4) is 0 Å². The molecule has 0 aliphatic heterocycles. The van der Waals surface area contributed by atoms with E-state index in [-0.39, 0.29) is 5.54 Å². The van der Waals surface area contributed by atoms with Crippen LogP contribution >= 0.6 is 0 Å². The molecule has 0 saturated heterocycles. The lowest BCUT2D eigenvalue weighted by Crippen LogP contribution is -2.26. The molecule has 0 aliphatic carbocycles. The highest BCUT2D eigenvalue weighted by molar-refractivity contribution is 5.39. The van der Waals surface area contributed by atoms with Gasteiger partial charge < -0.3 is 10.6 Å². The monoisotopic (exact) mass is 235 g/mol. The summed E-state index contributed by atoms with van der Waals surface area (Å²) in [5.41, 5.74) is 1.32. The van der Waals surface area contributed by atoms with Crippen LogP contribution in [0.25, 0.3) is 0 Å². The maximum absolute atomic E-state index is 4.33. The van der Waals surface area contributed by atoms with Crippen molar-refractivity contribution < 1.29 is 0 Å². The number of pyridine rings is 1. The van der Waals surface area contributed by atoms with Gasteiger partial charge >= 0.3 is 0 Å². The van der Waals surface area contributed by atoms with E-state index in [1.165, 1.54) is 5.56 Å². The summed E-state index contributed by atoms with van der Waals surface area (Å²) in [5.74, 6) is 1.63. The Morgan fingerprint density at radius 1 is 1.29 bits per heavy atom. The highest BCUT2D eigenvalue weighted by Gasteiger charge is 2.09. The van der Waals surface area contributed by atoms with Gasteiger partial charge in [0, 0.05) is 18.3 Å². The second-order valence-electron chi connectivity index (χ2n) is 5.95. The maximum Gasteiger partial charge on any atom is 0.126 e. The average molecular weight is 235 g/mol. The SMILES string of the molecule is CC(C)CNCc1ccnc(NC(C)(C)C)c1. The van der Waals surface area contributed by atoms with Crippen molar-refractivity contribution >= 4 is 5.82 Å². The zero-order valence-corrected chi connectivity index (χ0v) is 11.7. The highest BCUT2D eigenvalue weighted by atomic mass is 15.0. The first-order valence-electron chi connectivity index (χ1n) is 6.30. The van der Waals surface area contributed by atoms with Crippen LogP contribution in [0.4, 0.5) is 5.82 Å². The van der Waals surface area contributed by atoms with E-state index < -0.39 is 0 Å². The zero-order chi connectivity index (χ0) is 12.9. The molecule has 2 N–H and O–H groups in total. The molecule has 0 fully saturated rings. The van der Waals surface area contributed by atoms with Crippen LogP contribution in [0.1, 0.15) is 40.2 Å². The van der Waals surface area contributed by atoms with Crippen LogP contribution in [-0.2, 0) is 6.54 Å². The third-order valence-corrected chi connectivity index (χ3v) is 2.21. The molecule has 0 radical (unpaired) electrons. The van der Waals surface area contributed by atoms with E-state index in [1.54, 1.807) is 0 Å². The summed E-state index contributed by atoms with van der Waals surface area (Å²) < 4.78 is 0. The third-order valence-electron chi connectivity index (χ3n) is 2.21. The standard InChI is InChI=1S/C14H25N3/c1-11(2)9-15-10-12-6-7-16-13(8-12)17-14(3,4)5/h6-8,11,15H,9-10H2,1-5H3,(H,16,17). The van der Waals surface area contributed by atoms with Crippen LogP contribution in [0.3, 0.4) is 0 Å². The summed E-state index contributed by atoms with van der Waals surface area (Å²) in [4.78, 5) is 4.33. The smallest absolute Gasteiger partial charge is 0.126 e. The lowest BCUT2D eigenvalue weighted by atomic mass is 10.1. The molecule has 0 bridgehead atoms. The molecule has 1 aromatic rings. The van der Waals surface area contributed by atoms with E-state index in [0.29, 0.717) is 5.92 Å². The Morgan fingerprint density at radius 3 is 2.59 bits per heavy atom. The molecule has 3 heteroatoms. The van der Waals surface area contributed by atoms with E-state index in [1.807, 2.05) is 6.20 Å². The maximum atomic E-state index is 4.33. The molecule has 96 valence electrons. The molecule has 0 aromatic carbocycles. The van der Waals surface area contributed by atoms with Gasteiger partial charge in [-0.1, -0.05) is 13.8 Å². The lowest BCUT2D eigenvalue weighted by molar-refractivity contribution is 0.552. The van der Waals surface area contributed by atoms with Crippen molar-refractivity contribution in [2.75, 3.05) is 11.9 Å². The first-order valence-corrected chi connectivity index (χ1v) is 6.30. The summed E-state index contributed by atoms with van der Waals surface area (Å²) in [6.45, 7) is 12.8. The van der Waals surface area contributed by atoms with Crippen LogP contribution in [0, 0.1) is 5.92 Å². The largest absolute Gasteiger partial charge is 0.365 e. The topological polar surface area (TPSA) is 37.0 Å². The molecule has 3 nitrogen and oxygen atoms in total. The molecule has 0 saturated carbocycles. The fourth-order valence-corrected chi connectivity index (χ4v) is 1.54. The van der Waals surface area contributed by atoms with E-state index in [0.717, 1.165) is 18.9 Å². The Morgan fingerprint density at radius 2 is 2.00 bits per heavy atom. The molecule has 1 rings (SSSR count).